The van der Waals surface area contributed by atoms with Crippen LogP contribution in [0, 0.1) is 0 Å². The molecule has 1 fully saturated rings. The largest absolute Gasteiger partial charge is 0.448 e. The van der Waals surface area contributed by atoms with E-state index < -0.39 is 21.4 Å². The SMILES string of the molecule is NC(=O)OCCNS(=O)(=O)C1CCNC1. The number of amides is 1. The first-order chi connectivity index (χ1) is 7.02. The summed E-state index contributed by atoms with van der Waals surface area (Å²) in [6.45, 7) is 1.19. The maximum atomic E-state index is 11.6. The topological polar surface area (TPSA) is 111 Å². The third kappa shape index (κ3) is 4.02. The molecular weight excluding hydrogens is 222 g/mol. The Morgan fingerprint density at radius 3 is 2.87 bits per heavy atom. The molecule has 1 rings (SSSR count). The van der Waals surface area contributed by atoms with E-state index in [-0.39, 0.29) is 13.2 Å². The molecule has 4 N–H and O–H groups in total. The van der Waals surface area contributed by atoms with Crippen molar-refractivity contribution >= 4 is 16.1 Å². The molecule has 1 unspecified atom stereocenters. The Balaban J connectivity index is 2.27. The van der Waals surface area contributed by atoms with Crippen LogP contribution in [0.1, 0.15) is 6.42 Å². The molecule has 8 heteroatoms. The normalized spacial score (nSPS) is 21.5. The maximum absolute atomic E-state index is 11.6. The van der Waals surface area contributed by atoms with Gasteiger partial charge in [-0.1, -0.05) is 0 Å². The van der Waals surface area contributed by atoms with Gasteiger partial charge in [-0.2, -0.15) is 0 Å². The number of primary amides is 1. The summed E-state index contributed by atoms with van der Waals surface area (Å²) in [5.41, 5.74) is 4.72. The van der Waals surface area contributed by atoms with Gasteiger partial charge in [0, 0.05) is 13.1 Å². The molecule has 7 nitrogen and oxygen atoms in total. The highest BCUT2D eigenvalue weighted by molar-refractivity contribution is 7.90. The Morgan fingerprint density at radius 2 is 2.33 bits per heavy atom. The van der Waals surface area contributed by atoms with Crippen LogP contribution in [0.15, 0.2) is 0 Å². The van der Waals surface area contributed by atoms with Gasteiger partial charge in [0.05, 0.1) is 5.25 Å². The van der Waals surface area contributed by atoms with Crippen molar-refractivity contribution in [2.75, 3.05) is 26.2 Å². The van der Waals surface area contributed by atoms with Crippen LogP contribution in [-0.4, -0.2) is 46.0 Å². The van der Waals surface area contributed by atoms with Crippen LogP contribution in [0.2, 0.25) is 0 Å². The van der Waals surface area contributed by atoms with E-state index in [2.05, 4.69) is 14.8 Å². The lowest BCUT2D eigenvalue weighted by Crippen LogP contribution is -2.37. The molecule has 15 heavy (non-hydrogen) atoms. The summed E-state index contributed by atoms with van der Waals surface area (Å²) >= 11 is 0. The number of carbonyl (C=O) groups excluding carboxylic acids is 1. The number of hydrogen-bond donors (Lipinski definition) is 3. The van der Waals surface area contributed by atoms with E-state index in [9.17, 15) is 13.2 Å². The number of carbonyl (C=O) groups is 1. The van der Waals surface area contributed by atoms with Crippen molar-refractivity contribution in [1.29, 1.82) is 0 Å². The van der Waals surface area contributed by atoms with Gasteiger partial charge in [0.25, 0.3) is 0 Å². The van der Waals surface area contributed by atoms with Gasteiger partial charge in [-0.15, -0.1) is 0 Å². The summed E-state index contributed by atoms with van der Waals surface area (Å²) in [7, 11) is -3.30. The average molecular weight is 237 g/mol. The fraction of sp³-hybridized carbons (Fsp3) is 0.857. The van der Waals surface area contributed by atoms with E-state index in [1.807, 2.05) is 0 Å². The molecule has 1 atom stereocenters. The Morgan fingerprint density at radius 1 is 1.60 bits per heavy atom. The zero-order valence-electron chi connectivity index (χ0n) is 8.23. The third-order valence-corrected chi connectivity index (χ3v) is 3.99. The first kappa shape index (κ1) is 12.2. The van der Waals surface area contributed by atoms with Crippen LogP contribution in [0.25, 0.3) is 0 Å². The van der Waals surface area contributed by atoms with Gasteiger partial charge in [0.1, 0.15) is 6.61 Å². The van der Waals surface area contributed by atoms with Crippen LogP contribution in [0.5, 0.6) is 0 Å². The second-order valence-electron chi connectivity index (χ2n) is 3.22. The lowest BCUT2D eigenvalue weighted by molar-refractivity contribution is 0.159. The fourth-order valence-electron chi connectivity index (χ4n) is 1.35. The Labute approximate surface area is 88.4 Å². The van der Waals surface area contributed by atoms with Crippen molar-refractivity contribution in [2.24, 2.45) is 5.73 Å². The van der Waals surface area contributed by atoms with Gasteiger partial charge >= 0.3 is 6.09 Å². The van der Waals surface area contributed by atoms with Crippen LogP contribution >= 0.6 is 0 Å². The maximum Gasteiger partial charge on any atom is 0.404 e. The molecule has 0 aromatic carbocycles. The van der Waals surface area contributed by atoms with Crippen molar-refractivity contribution in [3.63, 3.8) is 0 Å². The predicted molar refractivity (Wildman–Crippen MR) is 53.7 cm³/mol. The molecule has 0 bridgehead atoms. The zero-order chi connectivity index (χ0) is 11.3. The monoisotopic (exact) mass is 237 g/mol. The number of nitrogens with one attached hydrogen (secondary N) is 2. The highest BCUT2D eigenvalue weighted by atomic mass is 32.2. The van der Waals surface area contributed by atoms with Gasteiger partial charge < -0.3 is 15.8 Å². The highest BCUT2D eigenvalue weighted by Gasteiger charge is 2.27. The minimum Gasteiger partial charge on any atom is -0.448 e. The Bertz CT molecular complexity index is 310. The highest BCUT2D eigenvalue weighted by Crippen LogP contribution is 2.07. The first-order valence-electron chi connectivity index (χ1n) is 4.64. The van der Waals surface area contributed by atoms with Crippen molar-refractivity contribution in [2.45, 2.75) is 11.7 Å². The third-order valence-electron chi connectivity index (χ3n) is 2.10. The molecule has 0 aliphatic carbocycles. The van der Waals surface area contributed by atoms with E-state index in [0.717, 1.165) is 0 Å². The smallest absolute Gasteiger partial charge is 0.404 e. The van der Waals surface area contributed by atoms with Crippen molar-refractivity contribution in [3.8, 4) is 0 Å². The molecule has 1 amide bonds. The summed E-state index contributed by atoms with van der Waals surface area (Å²) in [5.74, 6) is 0. The van der Waals surface area contributed by atoms with Crippen molar-refractivity contribution in [3.05, 3.63) is 0 Å². The summed E-state index contributed by atoms with van der Waals surface area (Å²) in [6, 6.07) is 0. The number of sulfonamides is 1. The minimum atomic E-state index is -3.30. The molecule has 0 aromatic rings. The van der Waals surface area contributed by atoms with E-state index in [4.69, 9.17) is 5.73 Å². The molecule has 1 aliphatic heterocycles. The molecule has 0 aromatic heterocycles. The molecule has 0 saturated carbocycles. The molecule has 1 saturated heterocycles. The Kier molecular flexibility index (Phi) is 4.30. The van der Waals surface area contributed by atoms with Crippen molar-refractivity contribution < 1.29 is 17.9 Å². The lowest BCUT2D eigenvalue weighted by Gasteiger charge is -2.11. The van der Waals surface area contributed by atoms with Crippen LogP contribution in [-0.2, 0) is 14.8 Å². The molecule has 0 spiro atoms. The minimum absolute atomic E-state index is 0.0469. The van der Waals surface area contributed by atoms with E-state index in [1.165, 1.54) is 0 Å². The molecular formula is C7H15N3O4S. The molecule has 0 radical (unpaired) electrons. The second kappa shape index (κ2) is 5.29. The van der Waals surface area contributed by atoms with Gasteiger partial charge in [-0.25, -0.2) is 17.9 Å². The second-order valence-corrected chi connectivity index (χ2v) is 5.27. The number of nitrogens with two attached hydrogens (primary N) is 1. The molecule has 1 heterocycles. The molecule has 1 aliphatic rings. The Hall–Kier alpha value is -0.860. The number of ether oxygens (including phenoxy) is 1. The van der Waals surface area contributed by atoms with Crippen LogP contribution in [0.4, 0.5) is 4.79 Å². The van der Waals surface area contributed by atoms with Gasteiger partial charge in [0.15, 0.2) is 0 Å². The standard InChI is InChI=1S/C7H15N3O4S/c8-7(11)14-4-3-10-15(12,13)6-1-2-9-5-6/h6,9-10H,1-5H2,(H2,8,11). The predicted octanol–water partition coefficient (Wildman–Crippen LogP) is -1.64. The quantitative estimate of drug-likeness (QED) is 0.497. The van der Waals surface area contributed by atoms with Gasteiger partial charge in [-0.3, -0.25) is 0 Å². The van der Waals surface area contributed by atoms with E-state index in [1.54, 1.807) is 0 Å². The van der Waals surface area contributed by atoms with Gasteiger partial charge in [0.2, 0.25) is 10.0 Å². The van der Waals surface area contributed by atoms with Crippen molar-refractivity contribution in [1.82, 2.24) is 10.0 Å². The van der Waals surface area contributed by atoms with Gasteiger partial charge in [-0.05, 0) is 13.0 Å². The summed E-state index contributed by atoms with van der Waals surface area (Å²) in [4.78, 5) is 10.2. The summed E-state index contributed by atoms with van der Waals surface area (Å²) in [5, 5.41) is 2.57. The first-order valence-corrected chi connectivity index (χ1v) is 6.18. The van der Waals surface area contributed by atoms with E-state index in [0.29, 0.717) is 19.5 Å². The number of rotatable bonds is 5. The summed E-state index contributed by atoms with van der Waals surface area (Å²) in [6.07, 6.45) is -0.303. The van der Waals surface area contributed by atoms with Crippen LogP contribution < -0.4 is 15.8 Å². The van der Waals surface area contributed by atoms with Crippen LogP contribution in [0.3, 0.4) is 0 Å². The number of hydrogen-bond acceptors (Lipinski definition) is 5. The zero-order valence-corrected chi connectivity index (χ0v) is 9.05. The van der Waals surface area contributed by atoms with E-state index >= 15 is 0 Å². The fourth-order valence-corrected chi connectivity index (χ4v) is 2.72. The summed E-state index contributed by atoms with van der Waals surface area (Å²) < 4.78 is 29.9. The molecule has 88 valence electrons. The lowest BCUT2D eigenvalue weighted by atomic mass is 10.4. The average Bonchev–Trinajstić information content (AvgIpc) is 2.65.